The Hall–Kier alpha value is -0.880. The number of hydrogen-bond donors (Lipinski definition) is 0. The van der Waals surface area contributed by atoms with Gasteiger partial charge in [-0.25, -0.2) is 4.98 Å². The Balaban J connectivity index is 2.04. The minimum Gasteiger partial charge on any atom is -0.288 e. The first kappa shape index (κ1) is 15.5. The number of thiazole rings is 1. The van der Waals surface area contributed by atoms with Gasteiger partial charge in [0.25, 0.3) is 0 Å². The van der Waals surface area contributed by atoms with Crippen molar-refractivity contribution in [1.29, 1.82) is 0 Å². The quantitative estimate of drug-likeness (QED) is 0.860. The molecule has 1 saturated heterocycles. The van der Waals surface area contributed by atoms with Crippen molar-refractivity contribution in [2.75, 3.05) is 17.2 Å². The number of anilines is 1. The van der Waals surface area contributed by atoms with Crippen LogP contribution in [0.5, 0.6) is 0 Å². The molecule has 2 rings (SSSR count). The molecular formula is C14H20N2O2S2. The molecule has 6 heteroatoms. The number of nitrogens with zero attached hydrogens (tertiary/aromatic N) is 2. The van der Waals surface area contributed by atoms with Crippen LogP contribution in [0.1, 0.15) is 39.0 Å². The van der Waals surface area contributed by atoms with Crippen molar-refractivity contribution < 1.29 is 9.59 Å². The summed E-state index contributed by atoms with van der Waals surface area (Å²) in [6.07, 6.45) is 2.38. The number of hydrogen-bond acceptors (Lipinski definition) is 5. The average molecular weight is 312 g/mol. The summed E-state index contributed by atoms with van der Waals surface area (Å²) in [4.78, 5) is 30.4. The van der Waals surface area contributed by atoms with Gasteiger partial charge in [0.1, 0.15) is 0 Å². The highest BCUT2D eigenvalue weighted by Gasteiger charge is 2.33. The molecule has 1 unspecified atom stereocenters. The van der Waals surface area contributed by atoms with E-state index < -0.39 is 0 Å². The summed E-state index contributed by atoms with van der Waals surface area (Å²) in [5, 5.41) is 0.899. The molecule has 4 nitrogen and oxygen atoms in total. The number of thioether (sulfide) groups is 1. The maximum Gasteiger partial charge on any atom is 0.229 e. The summed E-state index contributed by atoms with van der Waals surface area (Å²) in [5.41, 5.74) is 0.0581. The van der Waals surface area contributed by atoms with Crippen LogP contribution in [0.25, 0.3) is 0 Å². The van der Waals surface area contributed by atoms with Gasteiger partial charge in [-0.2, -0.15) is 0 Å². The lowest BCUT2D eigenvalue weighted by molar-refractivity contribution is -0.117. The summed E-state index contributed by atoms with van der Waals surface area (Å²) < 4.78 is 0. The third-order valence-electron chi connectivity index (χ3n) is 3.19. The SMILES string of the molecule is CC(=O)SCC1CC(=O)N(c2ncc(C(C)(C)C)s2)C1. The van der Waals surface area contributed by atoms with Crippen molar-refractivity contribution in [3.05, 3.63) is 11.1 Å². The van der Waals surface area contributed by atoms with Crippen molar-refractivity contribution in [3.63, 3.8) is 0 Å². The van der Waals surface area contributed by atoms with E-state index in [1.54, 1.807) is 23.2 Å². The summed E-state index contributed by atoms with van der Waals surface area (Å²) in [5.74, 6) is 1.09. The maximum absolute atomic E-state index is 12.1. The minimum absolute atomic E-state index is 0.0581. The number of carbonyl (C=O) groups is 2. The topological polar surface area (TPSA) is 50.3 Å². The van der Waals surface area contributed by atoms with E-state index >= 15 is 0 Å². The molecule has 0 N–H and O–H groups in total. The lowest BCUT2D eigenvalue weighted by atomic mass is 9.96. The number of carbonyl (C=O) groups excluding carboxylic acids is 2. The smallest absolute Gasteiger partial charge is 0.229 e. The van der Waals surface area contributed by atoms with Crippen LogP contribution in [0.4, 0.5) is 5.13 Å². The summed E-state index contributed by atoms with van der Waals surface area (Å²) in [7, 11) is 0. The summed E-state index contributed by atoms with van der Waals surface area (Å²) >= 11 is 2.89. The molecule has 2 heterocycles. The van der Waals surface area contributed by atoms with Crippen molar-refractivity contribution in [1.82, 2.24) is 4.98 Å². The maximum atomic E-state index is 12.1. The average Bonchev–Trinajstić information content (AvgIpc) is 2.91. The molecule has 0 saturated carbocycles. The highest BCUT2D eigenvalue weighted by atomic mass is 32.2. The zero-order valence-corrected chi connectivity index (χ0v) is 13.9. The van der Waals surface area contributed by atoms with E-state index in [1.165, 1.54) is 16.6 Å². The Bertz CT molecular complexity index is 519. The van der Waals surface area contributed by atoms with Crippen molar-refractivity contribution in [2.24, 2.45) is 5.92 Å². The summed E-state index contributed by atoms with van der Waals surface area (Å²) in [6.45, 7) is 8.67. The molecule has 20 heavy (non-hydrogen) atoms. The predicted molar refractivity (Wildman–Crippen MR) is 84.4 cm³/mol. The molecule has 0 bridgehead atoms. The molecule has 1 aliphatic rings. The number of aromatic nitrogens is 1. The van der Waals surface area contributed by atoms with Crippen LogP contribution in [-0.4, -0.2) is 28.3 Å². The van der Waals surface area contributed by atoms with Gasteiger partial charge < -0.3 is 0 Å². The van der Waals surface area contributed by atoms with E-state index in [-0.39, 0.29) is 22.4 Å². The highest BCUT2D eigenvalue weighted by molar-refractivity contribution is 8.13. The number of rotatable bonds is 3. The van der Waals surface area contributed by atoms with E-state index in [4.69, 9.17) is 0 Å². The molecule has 1 aromatic rings. The van der Waals surface area contributed by atoms with Gasteiger partial charge in [-0.1, -0.05) is 32.5 Å². The van der Waals surface area contributed by atoms with Crippen LogP contribution in [0.15, 0.2) is 6.20 Å². The van der Waals surface area contributed by atoms with Gasteiger partial charge in [-0.05, 0) is 11.3 Å². The fourth-order valence-electron chi connectivity index (χ4n) is 2.05. The molecule has 0 spiro atoms. The van der Waals surface area contributed by atoms with E-state index in [1.807, 2.05) is 6.20 Å². The molecule has 1 aliphatic heterocycles. The first-order chi connectivity index (χ1) is 9.27. The molecule has 1 fully saturated rings. The third kappa shape index (κ3) is 3.61. The second kappa shape index (κ2) is 5.85. The zero-order valence-electron chi connectivity index (χ0n) is 12.3. The fraction of sp³-hybridized carbons (Fsp3) is 0.643. The Labute approximate surface area is 128 Å². The van der Waals surface area contributed by atoms with E-state index in [0.29, 0.717) is 13.0 Å². The van der Waals surface area contributed by atoms with Gasteiger partial charge in [0.15, 0.2) is 10.2 Å². The molecule has 0 aliphatic carbocycles. The van der Waals surface area contributed by atoms with Crippen molar-refractivity contribution in [2.45, 2.75) is 39.5 Å². The van der Waals surface area contributed by atoms with E-state index in [9.17, 15) is 9.59 Å². The van der Waals surface area contributed by atoms with E-state index in [2.05, 4.69) is 25.8 Å². The standard InChI is InChI=1S/C14H20N2O2S2/c1-9(17)19-8-10-5-12(18)16(7-10)13-15-6-11(20-13)14(2,3)4/h6,10H,5,7-8H2,1-4H3. The third-order valence-corrected chi connectivity index (χ3v) is 5.68. The number of amides is 1. The van der Waals surface area contributed by atoms with Crippen LogP contribution in [0.2, 0.25) is 0 Å². The van der Waals surface area contributed by atoms with Crippen LogP contribution in [0.3, 0.4) is 0 Å². The largest absolute Gasteiger partial charge is 0.288 e. The molecule has 1 atom stereocenters. The molecule has 1 amide bonds. The highest BCUT2D eigenvalue weighted by Crippen LogP contribution is 2.35. The molecule has 1 aromatic heterocycles. The van der Waals surface area contributed by atoms with Gasteiger partial charge >= 0.3 is 0 Å². The second-order valence-corrected chi connectivity index (χ2v) is 8.34. The first-order valence-corrected chi connectivity index (χ1v) is 8.47. The van der Waals surface area contributed by atoms with Crippen LogP contribution >= 0.6 is 23.1 Å². The molecule has 0 aromatic carbocycles. The Morgan fingerprint density at radius 1 is 1.55 bits per heavy atom. The fourth-order valence-corrected chi connectivity index (χ4v) is 3.74. The Morgan fingerprint density at radius 3 is 2.80 bits per heavy atom. The lowest BCUT2D eigenvalue weighted by Gasteiger charge is -2.15. The Kier molecular flexibility index (Phi) is 4.54. The lowest BCUT2D eigenvalue weighted by Crippen LogP contribution is -2.24. The monoisotopic (exact) mass is 312 g/mol. The van der Waals surface area contributed by atoms with Gasteiger partial charge in [0.05, 0.1) is 0 Å². The van der Waals surface area contributed by atoms with Crippen molar-refractivity contribution in [3.8, 4) is 0 Å². The molecular weight excluding hydrogens is 292 g/mol. The van der Waals surface area contributed by atoms with Crippen LogP contribution < -0.4 is 4.90 Å². The second-order valence-electron chi connectivity index (χ2n) is 6.13. The normalized spacial score (nSPS) is 19.7. The van der Waals surface area contributed by atoms with Crippen molar-refractivity contribution >= 4 is 39.3 Å². The van der Waals surface area contributed by atoms with Crippen LogP contribution in [0, 0.1) is 5.92 Å². The predicted octanol–water partition coefficient (Wildman–Crippen LogP) is 3.07. The summed E-state index contributed by atoms with van der Waals surface area (Å²) in [6, 6.07) is 0. The Morgan fingerprint density at radius 2 is 2.25 bits per heavy atom. The van der Waals surface area contributed by atoms with Gasteiger partial charge in [0, 0.05) is 36.7 Å². The van der Waals surface area contributed by atoms with Gasteiger partial charge in [0.2, 0.25) is 5.91 Å². The first-order valence-electron chi connectivity index (χ1n) is 6.67. The van der Waals surface area contributed by atoms with Gasteiger partial charge in [-0.15, -0.1) is 11.3 Å². The van der Waals surface area contributed by atoms with Crippen LogP contribution in [-0.2, 0) is 15.0 Å². The minimum atomic E-state index is 0.0581. The van der Waals surface area contributed by atoms with E-state index in [0.717, 1.165) is 10.9 Å². The zero-order chi connectivity index (χ0) is 14.9. The molecule has 110 valence electrons. The molecule has 0 radical (unpaired) electrons. The van der Waals surface area contributed by atoms with Gasteiger partial charge in [-0.3, -0.25) is 14.5 Å².